The molecule has 160 valence electrons. The van der Waals surface area contributed by atoms with Gasteiger partial charge >= 0.3 is 0 Å². The third kappa shape index (κ3) is 4.26. The molecule has 1 aromatic heterocycles. The molecule has 0 unspecified atom stereocenters. The number of aromatic nitrogens is 2. The molecule has 0 N–H and O–H groups in total. The first-order valence-corrected chi connectivity index (χ1v) is 11.3. The van der Waals surface area contributed by atoms with Crippen molar-refractivity contribution in [2.45, 2.75) is 25.0 Å². The van der Waals surface area contributed by atoms with E-state index in [-0.39, 0.29) is 23.9 Å². The second kappa shape index (κ2) is 9.45. The number of imide groups is 1. The topological polar surface area (TPSA) is 81.5 Å². The van der Waals surface area contributed by atoms with Crippen LogP contribution in [0.5, 0.6) is 0 Å². The third-order valence-corrected chi connectivity index (χ3v) is 6.08. The molecular weight excluding hydrogens is 414 g/mol. The summed E-state index contributed by atoms with van der Waals surface area (Å²) in [6, 6.07) is 14.1. The highest BCUT2D eigenvalue weighted by molar-refractivity contribution is 7.99. The average molecular weight is 438 g/mol. The van der Waals surface area contributed by atoms with Crippen molar-refractivity contribution in [2.75, 3.05) is 25.5 Å². The molecule has 3 aromatic rings. The summed E-state index contributed by atoms with van der Waals surface area (Å²) < 4.78 is 7.06. The molecule has 0 radical (unpaired) electrons. The van der Waals surface area contributed by atoms with Crippen LogP contribution in [0.2, 0.25) is 0 Å². The number of thioether (sulfide) groups is 1. The van der Waals surface area contributed by atoms with E-state index in [9.17, 15) is 14.4 Å². The van der Waals surface area contributed by atoms with Crippen molar-refractivity contribution in [3.05, 3.63) is 70.0 Å². The fourth-order valence-corrected chi connectivity index (χ4v) is 4.54. The summed E-state index contributed by atoms with van der Waals surface area (Å²) in [4.78, 5) is 44.1. The Labute approximate surface area is 184 Å². The van der Waals surface area contributed by atoms with Gasteiger partial charge < -0.3 is 4.74 Å². The van der Waals surface area contributed by atoms with Gasteiger partial charge in [-0.3, -0.25) is 23.9 Å². The number of hydrogen-bond acceptors (Lipinski definition) is 6. The minimum atomic E-state index is -0.276. The summed E-state index contributed by atoms with van der Waals surface area (Å²) in [6.45, 7) is 3.87. The number of nitrogens with zero attached hydrogens (tertiary/aromatic N) is 3. The van der Waals surface area contributed by atoms with Gasteiger partial charge in [-0.05, 0) is 37.6 Å². The quantitative estimate of drug-likeness (QED) is 0.221. The van der Waals surface area contributed by atoms with Crippen LogP contribution < -0.4 is 5.56 Å². The van der Waals surface area contributed by atoms with Crippen LogP contribution in [0.4, 0.5) is 0 Å². The lowest BCUT2D eigenvalue weighted by molar-refractivity contribution is 0.0664. The number of para-hydroxylation sites is 1. The lowest BCUT2D eigenvalue weighted by Gasteiger charge is -2.16. The van der Waals surface area contributed by atoms with Crippen LogP contribution in [0.25, 0.3) is 10.9 Å². The van der Waals surface area contributed by atoms with E-state index in [0.717, 1.165) is 0 Å². The van der Waals surface area contributed by atoms with Gasteiger partial charge in [0.2, 0.25) is 0 Å². The van der Waals surface area contributed by atoms with Crippen molar-refractivity contribution in [3.8, 4) is 0 Å². The Hall–Kier alpha value is -2.97. The van der Waals surface area contributed by atoms with Crippen molar-refractivity contribution < 1.29 is 14.3 Å². The SMILES string of the molecule is CCOCCCn1c(SCCN2C(=O)c3ccccc3C2=O)nc2ccccc2c1=O. The normalized spacial score (nSPS) is 13.3. The maximum Gasteiger partial charge on any atom is 0.262 e. The van der Waals surface area contributed by atoms with Gasteiger partial charge in [-0.1, -0.05) is 36.0 Å². The number of carbonyl (C=O) groups excluding carboxylic acids is 2. The summed E-state index contributed by atoms with van der Waals surface area (Å²) in [5.74, 6) is -0.106. The molecule has 8 heteroatoms. The lowest BCUT2D eigenvalue weighted by Crippen LogP contribution is -2.32. The van der Waals surface area contributed by atoms with Crippen molar-refractivity contribution >= 4 is 34.5 Å². The Morgan fingerprint density at radius 2 is 1.61 bits per heavy atom. The molecule has 2 aromatic carbocycles. The Kier molecular flexibility index (Phi) is 6.48. The molecule has 0 aliphatic carbocycles. The van der Waals surface area contributed by atoms with E-state index in [1.807, 2.05) is 25.1 Å². The van der Waals surface area contributed by atoms with Gasteiger partial charge in [-0.15, -0.1) is 0 Å². The van der Waals surface area contributed by atoms with Gasteiger partial charge in [0.1, 0.15) is 0 Å². The summed E-state index contributed by atoms with van der Waals surface area (Å²) in [6.07, 6.45) is 0.694. The molecule has 31 heavy (non-hydrogen) atoms. The van der Waals surface area contributed by atoms with Crippen molar-refractivity contribution in [3.63, 3.8) is 0 Å². The van der Waals surface area contributed by atoms with Crippen LogP contribution in [0.15, 0.2) is 58.5 Å². The minimum Gasteiger partial charge on any atom is -0.382 e. The second-order valence-corrected chi connectivity index (χ2v) is 8.14. The Bertz CT molecular complexity index is 1160. The molecule has 1 aliphatic rings. The summed E-state index contributed by atoms with van der Waals surface area (Å²) >= 11 is 1.37. The Morgan fingerprint density at radius 3 is 2.32 bits per heavy atom. The smallest absolute Gasteiger partial charge is 0.262 e. The number of ether oxygens (including phenoxy) is 1. The first kappa shape index (κ1) is 21.3. The van der Waals surface area contributed by atoms with Crippen LogP contribution in [-0.2, 0) is 11.3 Å². The molecule has 1 aliphatic heterocycles. The van der Waals surface area contributed by atoms with Crippen molar-refractivity contribution in [2.24, 2.45) is 0 Å². The van der Waals surface area contributed by atoms with E-state index < -0.39 is 0 Å². The maximum atomic E-state index is 13.0. The van der Waals surface area contributed by atoms with Crippen LogP contribution >= 0.6 is 11.8 Å². The zero-order valence-corrected chi connectivity index (χ0v) is 18.1. The van der Waals surface area contributed by atoms with Crippen molar-refractivity contribution in [1.29, 1.82) is 0 Å². The number of benzene rings is 2. The highest BCUT2D eigenvalue weighted by atomic mass is 32.2. The number of hydrogen-bond donors (Lipinski definition) is 0. The molecule has 0 bridgehead atoms. The monoisotopic (exact) mass is 437 g/mol. The van der Waals surface area contributed by atoms with E-state index in [0.29, 0.717) is 59.1 Å². The minimum absolute atomic E-state index is 0.0923. The zero-order valence-electron chi connectivity index (χ0n) is 17.2. The van der Waals surface area contributed by atoms with Gasteiger partial charge in [0.15, 0.2) is 5.16 Å². The van der Waals surface area contributed by atoms with Gasteiger partial charge in [0.05, 0.1) is 22.0 Å². The fraction of sp³-hybridized carbons (Fsp3) is 0.304. The van der Waals surface area contributed by atoms with E-state index in [1.54, 1.807) is 34.9 Å². The molecule has 4 rings (SSSR count). The van der Waals surface area contributed by atoms with E-state index in [1.165, 1.54) is 16.7 Å². The van der Waals surface area contributed by atoms with Crippen LogP contribution in [0.1, 0.15) is 34.1 Å². The largest absolute Gasteiger partial charge is 0.382 e. The standard InChI is InChI=1S/C23H23N3O4S/c1-2-30-14-7-12-26-22(29)18-10-5-6-11-19(18)24-23(26)31-15-13-25-20(27)16-8-3-4-9-17(16)21(25)28/h3-6,8-11H,2,7,12-15H2,1H3. The van der Waals surface area contributed by atoms with E-state index in [4.69, 9.17) is 4.74 Å². The molecule has 0 fully saturated rings. The maximum absolute atomic E-state index is 13.0. The summed E-state index contributed by atoms with van der Waals surface area (Å²) in [5, 5.41) is 1.15. The van der Waals surface area contributed by atoms with Gasteiger partial charge in [-0.2, -0.15) is 0 Å². The Balaban J connectivity index is 1.52. The predicted octanol–water partition coefficient (Wildman–Crippen LogP) is 3.21. The second-order valence-electron chi connectivity index (χ2n) is 7.07. The molecule has 0 saturated heterocycles. The fourth-order valence-electron chi connectivity index (χ4n) is 3.59. The number of carbonyl (C=O) groups is 2. The van der Waals surface area contributed by atoms with Gasteiger partial charge in [-0.25, -0.2) is 4.98 Å². The molecule has 0 saturated carbocycles. The molecule has 2 amide bonds. The lowest BCUT2D eigenvalue weighted by atomic mass is 10.1. The zero-order chi connectivity index (χ0) is 21.8. The molecule has 7 nitrogen and oxygen atoms in total. The third-order valence-electron chi connectivity index (χ3n) is 5.13. The number of fused-ring (bicyclic) bond motifs is 2. The van der Waals surface area contributed by atoms with E-state index in [2.05, 4.69) is 4.98 Å². The first-order valence-electron chi connectivity index (χ1n) is 10.3. The van der Waals surface area contributed by atoms with Crippen LogP contribution in [-0.4, -0.2) is 51.8 Å². The Morgan fingerprint density at radius 1 is 0.935 bits per heavy atom. The molecule has 0 spiro atoms. The first-order chi connectivity index (χ1) is 15.1. The highest BCUT2D eigenvalue weighted by Gasteiger charge is 2.34. The van der Waals surface area contributed by atoms with Gasteiger partial charge in [0.25, 0.3) is 17.4 Å². The average Bonchev–Trinajstić information content (AvgIpc) is 3.03. The van der Waals surface area contributed by atoms with Crippen LogP contribution in [0.3, 0.4) is 0 Å². The number of rotatable bonds is 9. The van der Waals surface area contributed by atoms with Gasteiger partial charge in [0, 0.05) is 32.1 Å². The summed E-state index contributed by atoms with van der Waals surface area (Å²) in [5.41, 5.74) is 1.42. The highest BCUT2D eigenvalue weighted by Crippen LogP contribution is 2.24. The predicted molar refractivity (Wildman–Crippen MR) is 120 cm³/mol. The van der Waals surface area contributed by atoms with E-state index >= 15 is 0 Å². The summed E-state index contributed by atoms with van der Waals surface area (Å²) in [7, 11) is 0. The molecule has 0 atom stereocenters. The number of amides is 2. The van der Waals surface area contributed by atoms with Crippen LogP contribution in [0, 0.1) is 0 Å². The van der Waals surface area contributed by atoms with Crippen molar-refractivity contribution in [1.82, 2.24) is 14.5 Å². The molecule has 2 heterocycles. The molecular formula is C23H23N3O4S.